The summed E-state index contributed by atoms with van der Waals surface area (Å²) in [5.41, 5.74) is 4.94. The van der Waals surface area contributed by atoms with Crippen LogP contribution in [-0.2, 0) is 4.79 Å². The summed E-state index contributed by atoms with van der Waals surface area (Å²) in [6.07, 6.45) is 0. The second-order valence-electron chi connectivity index (χ2n) is 1.13. The van der Waals surface area contributed by atoms with Gasteiger partial charge in [0.25, 0.3) is 0 Å². The molecule has 10 heavy (non-hydrogen) atoms. The van der Waals surface area contributed by atoms with E-state index in [0.717, 1.165) is 0 Å². The molecule has 0 aromatic heterocycles. The topological polar surface area (TPSA) is 63.3 Å². The first-order chi connectivity index (χ1) is 3.18. The zero-order valence-electron chi connectivity index (χ0n) is 5.45. The minimum absolute atomic E-state index is 0. The van der Waals surface area contributed by atoms with Crippen LogP contribution in [0, 0.1) is 0 Å². The van der Waals surface area contributed by atoms with E-state index in [4.69, 9.17) is 10.8 Å². The fourth-order valence-corrected chi connectivity index (χ4v) is 0.234. The number of carbonyl (C=O) groups is 1. The van der Waals surface area contributed by atoms with Crippen LogP contribution in [0.4, 0.5) is 0 Å². The van der Waals surface area contributed by atoms with Crippen molar-refractivity contribution >= 4 is 31.0 Å². The molecule has 0 spiro atoms. The quantitative estimate of drug-likeness (QED) is 0.307. The maximum absolute atomic E-state index is 9.76. The van der Waals surface area contributed by atoms with Gasteiger partial charge in [0.1, 0.15) is 6.04 Å². The molecule has 7 heteroatoms. The van der Waals surface area contributed by atoms with Gasteiger partial charge < -0.3 is 23.2 Å². The van der Waals surface area contributed by atoms with E-state index in [1.54, 1.807) is 0 Å². The number of nitrogens with two attached hydrogens (primary N) is 1. The molecule has 0 heterocycles. The summed E-state index contributed by atoms with van der Waals surface area (Å²) >= 11 is 3.65. The molecule has 0 aromatic carbocycles. The molecule has 0 aliphatic carbocycles. The summed E-state index contributed by atoms with van der Waals surface area (Å²) < 4.78 is 0. The Morgan fingerprint density at radius 1 is 1.70 bits per heavy atom. The Morgan fingerprint density at radius 3 is 2.00 bits per heavy atom. The molecule has 58 valence electrons. The minimum atomic E-state index is -1.00. The molecule has 0 radical (unpaired) electrons. The van der Waals surface area contributed by atoms with E-state index in [9.17, 15) is 4.79 Å². The maximum Gasteiger partial charge on any atom is 1.00 e. The van der Waals surface area contributed by atoms with Crippen molar-refractivity contribution in [1.82, 2.24) is 0 Å². The molecular formula is C3H8Cl2LiNO2S. The summed E-state index contributed by atoms with van der Waals surface area (Å²) in [7, 11) is 0. The van der Waals surface area contributed by atoms with Crippen LogP contribution < -0.4 is 37.0 Å². The van der Waals surface area contributed by atoms with Gasteiger partial charge in [-0.15, -0.1) is 12.4 Å². The summed E-state index contributed by atoms with van der Waals surface area (Å²) in [5, 5.41) is 8.01. The number of hydrogen-bond donors (Lipinski definition) is 3. The molecule has 0 bridgehead atoms. The Kier molecular flexibility index (Phi) is 28.3. The number of thiol groups is 1. The predicted molar refractivity (Wildman–Crippen MR) is 36.7 cm³/mol. The zero-order chi connectivity index (χ0) is 5.86. The Morgan fingerprint density at radius 2 is 2.00 bits per heavy atom. The first-order valence-electron chi connectivity index (χ1n) is 1.77. The first kappa shape index (κ1) is 22.4. The number of halogens is 2. The third-order valence-corrected chi connectivity index (χ3v) is 0.907. The van der Waals surface area contributed by atoms with Crippen LogP contribution in [0.2, 0.25) is 0 Å². The molecule has 0 aliphatic heterocycles. The van der Waals surface area contributed by atoms with E-state index in [2.05, 4.69) is 12.6 Å². The second kappa shape index (κ2) is 12.6. The van der Waals surface area contributed by atoms with Gasteiger partial charge in [-0.2, -0.15) is 12.6 Å². The molecular weight excluding hydrogens is 192 g/mol. The number of carboxylic acid groups (broad SMARTS) is 1. The number of rotatable bonds is 2. The Bertz CT molecular complexity index is 86.9. The fourth-order valence-electron chi connectivity index (χ4n) is 0.0781. The van der Waals surface area contributed by atoms with Gasteiger partial charge >= 0.3 is 24.8 Å². The van der Waals surface area contributed by atoms with Crippen LogP contribution in [0.3, 0.4) is 0 Å². The molecule has 0 saturated heterocycles. The molecule has 3 N–H and O–H groups in total. The second-order valence-corrected chi connectivity index (χ2v) is 1.49. The smallest absolute Gasteiger partial charge is 1.00 e. The normalized spacial score (nSPS) is 9.40. The average Bonchev–Trinajstić information content (AvgIpc) is 1.65. The zero-order valence-corrected chi connectivity index (χ0v) is 7.92. The Balaban J connectivity index is -0.0000000600. The fraction of sp³-hybridized carbons (Fsp3) is 0.667. The van der Waals surface area contributed by atoms with Crippen molar-refractivity contribution in [3.8, 4) is 0 Å². The van der Waals surface area contributed by atoms with Crippen LogP contribution >= 0.6 is 25.0 Å². The Hall–Kier alpha value is 0.957. The molecule has 0 fully saturated rings. The summed E-state index contributed by atoms with van der Waals surface area (Å²) in [6, 6.07) is -0.816. The predicted octanol–water partition coefficient (Wildman–Crippen LogP) is -6.24. The van der Waals surface area contributed by atoms with Crippen LogP contribution in [0.5, 0.6) is 0 Å². The summed E-state index contributed by atoms with van der Waals surface area (Å²) in [6.45, 7) is 0. The maximum atomic E-state index is 9.76. The van der Waals surface area contributed by atoms with E-state index in [1.165, 1.54) is 0 Å². The van der Waals surface area contributed by atoms with Crippen LogP contribution in [0.25, 0.3) is 0 Å². The third kappa shape index (κ3) is 11.7. The van der Waals surface area contributed by atoms with E-state index in [-0.39, 0.29) is 49.4 Å². The monoisotopic (exact) mass is 199 g/mol. The van der Waals surface area contributed by atoms with Crippen molar-refractivity contribution in [2.45, 2.75) is 6.04 Å². The summed E-state index contributed by atoms with van der Waals surface area (Å²) in [5.74, 6) is -0.815. The number of hydrogen-bond acceptors (Lipinski definition) is 3. The summed E-state index contributed by atoms with van der Waals surface area (Å²) in [4.78, 5) is 9.76. The van der Waals surface area contributed by atoms with Crippen molar-refractivity contribution in [2.24, 2.45) is 5.73 Å². The third-order valence-electron chi connectivity index (χ3n) is 0.514. The molecule has 3 nitrogen and oxygen atoms in total. The van der Waals surface area contributed by atoms with Gasteiger partial charge in [0.05, 0.1) is 0 Å². The van der Waals surface area contributed by atoms with Crippen LogP contribution in [0.15, 0.2) is 0 Å². The first-order valence-corrected chi connectivity index (χ1v) is 2.41. The van der Waals surface area contributed by atoms with Gasteiger partial charge in [-0.25, -0.2) is 0 Å². The molecule has 0 saturated carbocycles. The van der Waals surface area contributed by atoms with Gasteiger partial charge in [0.15, 0.2) is 0 Å². The van der Waals surface area contributed by atoms with Crippen molar-refractivity contribution in [3.63, 3.8) is 0 Å². The molecule has 0 rings (SSSR count). The van der Waals surface area contributed by atoms with Crippen molar-refractivity contribution in [3.05, 3.63) is 0 Å². The van der Waals surface area contributed by atoms with E-state index in [1.807, 2.05) is 0 Å². The molecule has 1 unspecified atom stereocenters. The standard InChI is InChI=1S/C3H7NO2S.2ClH.Li/c4-2(1-7)3(5)6;;;/h2,7H,1,4H2,(H,5,6);2*1H;/q;;;+1/p-1. The molecule has 0 aliphatic rings. The van der Waals surface area contributed by atoms with E-state index in [0.29, 0.717) is 0 Å². The number of carboxylic acids is 1. The van der Waals surface area contributed by atoms with Crippen molar-refractivity contribution in [1.29, 1.82) is 0 Å². The molecule has 0 aromatic rings. The number of aliphatic carboxylic acids is 1. The van der Waals surface area contributed by atoms with Gasteiger partial charge in [-0.1, -0.05) is 0 Å². The average molecular weight is 200 g/mol. The van der Waals surface area contributed by atoms with Gasteiger partial charge in [-0.05, 0) is 0 Å². The van der Waals surface area contributed by atoms with Gasteiger partial charge in [0, 0.05) is 5.75 Å². The molecule has 1 atom stereocenters. The van der Waals surface area contributed by atoms with E-state index >= 15 is 0 Å². The van der Waals surface area contributed by atoms with E-state index < -0.39 is 12.0 Å². The largest absolute Gasteiger partial charge is 1.00 e. The van der Waals surface area contributed by atoms with Gasteiger partial charge in [-0.3, -0.25) is 4.79 Å². The molecule has 0 amide bonds. The van der Waals surface area contributed by atoms with Crippen LogP contribution in [0.1, 0.15) is 0 Å². The van der Waals surface area contributed by atoms with Crippen LogP contribution in [-0.4, -0.2) is 22.9 Å². The minimum Gasteiger partial charge on any atom is -1.00 e. The SMILES string of the molecule is Cl.NC(CS)C(=O)O.[Cl-].[Li+]. The van der Waals surface area contributed by atoms with Crippen molar-refractivity contribution < 1.29 is 41.2 Å². The van der Waals surface area contributed by atoms with Gasteiger partial charge in [0.2, 0.25) is 0 Å². The Labute approximate surface area is 89.5 Å². The van der Waals surface area contributed by atoms with Crippen molar-refractivity contribution in [2.75, 3.05) is 5.75 Å².